The van der Waals surface area contributed by atoms with E-state index in [-0.39, 0.29) is 35.7 Å². The summed E-state index contributed by atoms with van der Waals surface area (Å²) in [5.41, 5.74) is 7.30. The van der Waals surface area contributed by atoms with Gasteiger partial charge in [0.15, 0.2) is 5.96 Å². The van der Waals surface area contributed by atoms with Crippen molar-refractivity contribution < 1.29 is 17.9 Å². The molecule has 0 amide bonds. The van der Waals surface area contributed by atoms with Crippen molar-refractivity contribution in [1.29, 1.82) is 0 Å². The predicted octanol–water partition coefficient (Wildman–Crippen LogP) is 4.85. The number of nitrogens with one attached hydrogen (secondary N) is 1. The van der Waals surface area contributed by atoms with Gasteiger partial charge in [0, 0.05) is 10.6 Å². The molecule has 0 aliphatic rings. The maximum absolute atomic E-state index is 12.1. The smallest absolute Gasteiger partial charge is 0.406 e. The predicted molar refractivity (Wildman–Crippen MR) is 106 cm³/mol. The molecule has 2 aromatic carbocycles. The topological polar surface area (TPSA) is 59.6 Å². The third-order valence-electron chi connectivity index (χ3n) is 2.95. The van der Waals surface area contributed by atoms with Crippen LogP contribution in [0.1, 0.15) is 5.56 Å². The monoisotopic (exact) mass is 483 g/mol. The molecule has 0 saturated carbocycles. The minimum atomic E-state index is -4.71. The lowest BCUT2D eigenvalue weighted by Crippen LogP contribution is -2.22. The van der Waals surface area contributed by atoms with Crippen LogP contribution in [0.5, 0.6) is 5.75 Å². The van der Waals surface area contributed by atoms with Crippen LogP contribution in [-0.2, 0) is 6.54 Å². The second-order valence-electron chi connectivity index (χ2n) is 4.75. The molecule has 4 nitrogen and oxygen atoms in total. The lowest BCUT2D eigenvalue weighted by molar-refractivity contribution is -0.274. The highest BCUT2D eigenvalue weighted by Crippen LogP contribution is 2.23. The fourth-order valence-corrected chi connectivity index (χ4v) is 2.24. The van der Waals surface area contributed by atoms with Crippen LogP contribution in [0.4, 0.5) is 18.9 Å². The van der Waals surface area contributed by atoms with Crippen molar-refractivity contribution in [3.05, 3.63) is 54.1 Å². The largest absolute Gasteiger partial charge is 0.573 e. The molecule has 0 aliphatic heterocycles. The molecule has 136 valence electrons. The third-order valence-corrected chi connectivity index (χ3v) is 3.69. The summed E-state index contributed by atoms with van der Waals surface area (Å²) in [6, 6.07) is 13.2. The molecule has 0 bridgehead atoms. The van der Waals surface area contributed by atoms with Crippen molar-refractivity contribution in [2.45, 2.75) is 17.8 Å². The summed E-state index contributed by atoms with van der Waals surface area (Å²) in [6.45, 7) is 0.406. The van der Waals surface area contributed by atoms with Crippen LogP contribution >= 0.6 is 35.7 Å². The Balaban J connectivity index is 0.00000312. The van der Waals surface area contributed by atoms with Gasteiger partial charge in [0.05, 0.1) is 6.54 Å². The molecule has 2 rings (SSSR count). The van der Waals surface area contributed by atoms with Crippen molar-refractivity contribution in [3.8, 4) is 5.75 Å². The first-order valence-electron chi connectivity index (χ1n) is 6.91. The van der Waals surface area contributed by atoms with Gasteiger partial charge in [-0.05, 0) is 48.2 Å². The van der Waals surface area contributed by atoms with Crippen molar-refractivity contribution in [1.82, 2.24) is 0 Å². The zero-order valence-electron chi connectivity index (χ0n) is 13.2. The number of thioether (sulfide) groups is 1. The van der Waals surface area contributed by atoms with E-state index < -0.39 is 6.36 Å². The molecule has 0 radical (unpaired) electrons. The van der Waals surface area contributed by atoms with E-state index in [0.29, 0.717) is 12.2 Å². The fourth-order valence-electron chi connectivity index (χ4n) is 1.83. The van der Waals surface area contributed by atoms with Gasteiger partial charge in [-0.25, -0.2) is 4.99 Å². The van der Waals surface area contributed by atoms with Gasteiger partial charge in [-0.3, -0.25) is 0 Å². The number of hydrogen-bond donors (Lipinski definition) is 2. The molecule has 9 heteroatoms. The molecule has 0 heterocycles. The quantitative estimate of drug-likeness (QED) is 0.276. The summed E-state index contributed by atoms with van der Waals surface area (Å²) in [5.74, 6) is -0.120. The number of anilines is 1. The summed E-state index contributed by atoms with van der Waals surface area (Å²) in [6.07, 6.45) is -2.71. The van der Waals surface area contributed by atoms with E-state index in [1.165, 1.54) is 24.3 Å². The average molecular weight is 483 g/mol. The SMILES string of the molecule is CSc1ccc(CN=C(N)Nc2ccc(OC(F)(F)F)cc2)cc1.I. The number of nitrogens with two attached hydrogens (primary N) is 1. The Bertz CT molecular complexity index is 691. The number of ether oxygens (including phenoxy) is 1. The molecule has 2 aromatic rings. The Morgan fingerprint density at radius 1 is 1.12 bits per heavy atom. The number of alkyl halides is 3. The van der Waals surface area contributed by atoms with E-state index in [2.05, 4.69) is 15.0 Å². The molecule has 3 N–H and O–H groups in total. The zero-order chi connectivity index (χ0) is 17.6. The molecule has 0 aliphatic carbocycles. The van der Waals surface area contributed by atoms with Gasteiger partial charge in [-0.1, -0.05) is 12.1 Å². The molecule has 0 unspecified atom stereocenters. The van der Waals surface area contributed by atoms with Crippen LogP contribution in [0, 0.1) is 0 Å². The van der Waals surface area contributed by atoms with Gasteiger partial charge < -0.3 is 15.8 Å². The number of guanidine groups is 1. The van der Waals surface area contributed by atoms with Gasteiger partial charge >= 0.3 is 6.36 Å². The lowest BCUT2D eigenvalue weighted by Gasteiger charge is -2.10. The maximum Gasteiger partial charge on any atom is 0.573 e. The fraction of sp³-hybridized carbons (Fsp3) is 0.188. The molecule has 25 heavy (non-hydrogen) atoms. The Morgan fingerprint density at radius 2 is 1.72 bits per heavy atom. The molecule has 0 atom stereocenters. The molecular weight excluding hydrogens is 466 g/mol. The van der Waals surface area contributed by atoms with Crippen LogP contribution in [0.2, 0.25) is 0 Å². The average Bonchev–Trinajstić information content (AvgIpc) is 2.54. The first kappa shape index (κ1) is 21.4. The van der Waals surface area contributed by atoms with E-state index in [9.17, 15) is 13.2 Å². The summed E-state index contributed by atoms with van der Waals surface area (Å²) >= 11 is 1.65. The Morgan fingerprint density at radius 3 is 2.24 bits per heavy atom. The maximum atomic E-state index is 12.1. The number of nitrogens with zero attached hydrogens (tertiary/aromatic N) is 1. The molecule has 0 saturated heterocycles. The second-order valence-corrected chi connectivity index (χ2v) is 5.63. The Kier molecular flexibility index (Phi) is 8.36. The minimum absolute atomic E-state index is 0. The van der Waals surface area contributed by atoms with Crippen molar-refractivity contribution in [2.75, 3.05) is 11.6 Å². The summed E-state index contributed by atoms with van der Waals surface area (Å²) in [7, 11) is 0. The van der Waals surface area contributed by atoms with Crippen molar-refractivity contribution in [2.24, 2.45) is 10.7 Å². The minimum Gasteiger partial charge on any atom is -0.406 e. The van der Waals surface area contributed by atoms with Crippen molar-refractivity contribution in [3.63, 3.8) is 0 Å². The Labute approximate surface area is 165 Å². The zero-order valence-corrected chi connectivity index (χ0v) is 16.4. The van der Waals surface area contributed by atoms with E-state index >= 15 is 0 Å². The van der Waals surface area contributed by atoms with Crippen LogP contribution in [0.15, 0.2) is 58.4 Å². The number of hydrogen-bond acceptors (Lipinski definition) is 3. The third kappa shape index (κ3) is 7.86. The van der Waals surface area contributed by atoms with E-state index in [0.717, 1.165) is 10.5 Å². The number of halogens is 4. The molecule has 0 fully saturated rings. The molecule has 0 spiro atoms. The van der Waals surface area contributed by atoms with Gasteiger partial charge in [0.25, 0.3) is 0 Å². The van der Waals surface area contributed by atoms with Gasteiger partial charge in [0.1, 0.15) is 5.75 Å². The van der Waals surface area contributed by atoms with Gasteiger partial charge in [0.2, 0.25) is 0 Å². The van der Waals surface area contributed by atoms with Gasteiger partial charge in [-0.15, -0.1) is 48.9 Å². The highest BCUT2D eigenvalue weighted by atomic mass is 127. The normalized spacial score (nSPS) is 11.6. The summed E-state index contributed by atoms with van der Waals surface area (Å²) in [5, 5.41) is 2.81. The second kappa shape index (κ2) is 9.76. The number of aliphatic imine (C=N–C) groups is 1. The highest BCUT2D eigenvalue weighted by Gasteiger charge is 2.30. The number of rotatable bonds is 5. The van der Waals surface area contributed by atoms with E-state index in [1.807, 2.05) is 30.5 Å². The summed E-state index contributed by atoms with van der Waals surface area (Å²) < 4.78 is 40.0. The molecule has 0 aromatic heterocycles. The Hall–Kier alpha value is -1.62. The lowest BCUT2D eigenvalue weighted by atomic mass is 10.2. The first-order valence-corrected chi connectivity index (χ1v) is 8.14. The standard InChI is InChI=1S/C16H16F3N3OS.HI/c1-24-14-8-2-11(3-9-14)10-21-15(20)22-12-4-6-13(7-5-12)23-16(17,18)19;/h2-9H,10H2,1H3,(H3,20,21,22);1H. The van der Waals surface area contributed by atoms with E-state index in [4.69, 9.17) is 5.73 Å². The van der Waals surface area contributed by atoms with Crippen LogP contribution in [0.3, 0.4) is 0 Å². The van der Waals surface area contributed by atoms with Gasteiger partial charge in [-0.2, -0.15) is 0 Å². The summed E-state index contributed by atoms with van der Waals surface area (Å²) in [4.78, 5) is 5.35. The van der Waals surface area contributed by atoms with Crippen LogP contribution in [-0.4, -0.2) is 18.6 Å². The highest BCUT2D eigenvalue weighted by molar-refractivity contribution is 14.0. The number of benzene rings is 2. The first-order chi connectivity index (χ1) is 11.4. The van der Waals surface area contributed by atoms with Crippen LogP contribution in [0.25, 0.3) is 0 Å². The van der Waals surface area contributed by atoms with Crippen molar-refractivity contribution >= 4 is 47.4 Å². The van der Waals surface area contributed by atoms with Crippen LogP contribution < -0.4 is 15.8 Å². The van der Waals surface area contributed by atoms with E-state index in [1.54, 1.807) is 11.8 Å². The molecular formula is C16H17F3IN3OS.